The van der Waals surface area contributed by atoms with Crippen LogP contribution in [0.1, 0.15) is 23.9 Å². The minimum Gasteiger partial charge on any atom is -0.370 e. The number of rotatable bonds is 8. The molecule has 0 saturated carbocycles. The lowest BCUT2D eigenvalue weighted by Crippen LogP contribution is -2.33. The van der Waals surface area contributed by atoms with Crippen molar-refractivity contribution in [2.45, 2.75) is 26.2 Å². The first kappa shape index (κ1) is 18.6. The molecule has 27 heavy (non-hydrogen) atoms. The van der Waals surface area contributed by atoms with E-state index in [2.05, 4.69) is 44.7 Å². The van der Waals surface area contributed by atoms with Crippen LogP contribution in [0.2, 0.25) is 0 Å². The standard InChI is InChI=1S/C21H25N5O/c1-2-19-25-20(27-26-19)18-10-8-17(9-11-18)13-15-24-21(22)23-14-12-16-6-4-3-5-7-16/h3-11H,2,12-15H2,1H3,(H3,22,23,24). The van der Waals surface area contributed by atoms with Crippen LogP contribution in [0, 0.1) is 0 Å². The zero-order chi connectivity index (χ0) is 18.9. The van der Waals surface area contributed by atoms with E-state index in [9.17, 15) is 0 Å². The molecule has 0 atom stereocenters. The van der Waals surface area contributed by atoms with E-state index in [0.29, 0.717) is 18.4 Å². The van der Waals surface area contributed by atoms with Gasteiger partial charge < -0.3 is 15.6 Å². The third-order valence-corrected chi connectivity index (χ3v) is 4.23. The van der Waals surface area contributed by atoms with Gasteiger partial charge in [-0.3, -0.25) is 4.99 Å². The maximum atomic E-state index is 5.93. The Kier molecular flexibility index (Phi) is 6.57. The minimum atomic E-state index is 0.487. The molecule has 0 amide bonds. The van der Waals surface area contributed by atoms with Crippen molar-refractivity contribution < 1.29 is 4.52 Å². The molecule has 6 nitrogen and oxygen atoms in total. The summed E-state index contributed by atoms with van der Waals surface area (Å²) in [6.45, 7) is 3.42. The maximum Gasteiger partial charge on any atom is 0.257 e. The molecule has 0 spiro atoms. The van der Waals surface area contributed by atoms with Crippen LogP contribution < -0.4 is 11.1 Å². The molecular weight excluding hydrogens is 338 g/mol. The first-order valence-electron chi connectivity index (χ1n) is 9.24. The molecule has 1 heterocycles. The fraction of sp³-hybridized carbons (Fsp3) is 0.286. The Hall–Kier alpha value is -3.15. The fourth-order valence-electron chi connectivity index (χ4n) is 2.67. The molecule has 3 N–H and O–H groups in total. The number of aryl methyl sites for hydroxylation is 1. The molecule has 6 heteroatoms. The molecular formula is C21H25N5O. The predicted octanol–water partition coefficient (Wildman–Crippen LogP) is 2.99. The lowest BCUT2D eigenvalue weighted by atomic mass is 10.1. The number of nitrogens with two attached hydrogens (primary N) is 1. The Labute approximate surface area is 159 Å². The average Bonchev–Trinajstić information content (AvgIpc) is 3.19. The zero-order valence-corrected chi connectivity index (χ0v) is 15.6. The lowest BCUT2D eigenvalue weighted by molar-refractivity contribution is 0.423. The van der Waals surface area contributed by atoms with Crippen molar-refractivity contribution in [1.29, 1.82) is 0 Å². The van der Waals surface area contributed by atoms with Crippen molar-refractivity contribution in [2.75, 3.05) is 13.1 Å². The molecule has 0 fully saturated rings. The van der Waals surface area contributed by atoms with Gasteiger partial charge in [0.15, 0.2) is 11.8 Å². The Bertz CT molecular complexity index is 856. The molecule has 0 unspecified atom stereocenters. The van der Waals surface area contributed by atoms with Gasteiger partial charge in [-0.05, 0) is 36.1 Å². The van der Waals surface area contributed by atoms with Gasteiger partial charge in [-0.25, -0.2) is 0 Å². The van der Waals surface area contributed by atoms with E-state index < -0.39 is 0 Å². The number of guanidine groups is 1. The summed E-state index contributed by atoms with van der Waals surface area (Å²) in [5.74, 6) is 1.77. The molecule has 140 valence electrons. The molecule has 0 aliphatic heterocycles. The number of nitrogens with one attached hydrogen (secondary N) is 1. The monoisotopic (exact) mass is 363 g/mol. The van der Waals surface area contributed by atoms with Crippen molar-refractivity contribution in [3.63, 3.8) is 0 Å². The van der Waals surface area contributed by atoms with Gasteiger partial charge in [-0.2, -0.15) is 4.98 Å². The highest BCUT2D eigenvalue weighted by Gasteiger charge is 2.07. The van der Waals surface area contributed by atoms with Crippen LogP contribution in [0.25, 0.3) is 11.5 Å². The van der Waals surface area contributed by atoms with Crippen molar-refractivity contribution in [2.24, 2.45) is 10.7 Å². The summed E-state index contributed by atoms with van der Waals surface area (Å²) in [4.78, 5) is 8.73. The van der Waals surface area contributed by atoms with Crippen LogP contribution in [0.15, 0.2) is 64.1 Å². The van der Waals surface area contributed by atoms with Crippen molar-refractivity contribution in [3.8, 4) is 11.5 Å². The van der Waals surface area contributed by atoms with Gasteiger partial charge in [0.2, 0.25) is 0 Å². The summed E-state index contributed by atoms with van der Waals surface area (Å²) in [5, 5.41) is 7.08. The second-order valence-corrected chi connectivity index (χ2v) is 6.25. The summed E-state index contributed by atoms with van der Waals surface area (Å²) >= 11 is 0. The molecule has 3 rings (SSSR count). The van der Waals surface area contributed by atoms with Gasteiger partial charge in [0.1, 0.15) is 0 Å². The molecule has 1 aromatic heterocycles. The van der Waals surface area contributed by atoms with E-state index >= 15 is 0 Å². The summed E-state index contributed by atoms with van der Waals surface area (Å²) < 4.78 is 5.26. The van der Waals surface area contributed by atoms with Gasteiger partial charge in [-0.1, -0.05) is 54.5 Å². The van der Waals surface area contributed by atoms with Gasteiger partial charge in [0.25, 0.3) is 5.89 Å². The van der Waals surface area contributed by atoms with Crippen molar-refractivity contribution in [3.05, 3.63) is 71.5 Å². The Morgan fingerprint density at radius 1 is 1.04 bits per heavy atom. The second kappa shape index (κ2) is 9.52. The van der Waals surface area contributed by atoms with Crippen LogP contribution in [0.4, 0.5) is 0 Å². The third-order valence-electron chi connectivity index (χ3n) is 4.23. The highest BCUT2D eigenvalue weighted by atomic mass is 16.5. The smallest absolute Gasteiger partial charge is 0.257 e. The van der Waals surface area contributed by atoms with E-state index in [1.807, 2.05) is 37.3 Å². The zero-order valence-electron chi connectivity index (χ0n) is 15.6. The molecule has 0 radical (unpaired) electrons. The number of nitrogens with zero attached hydrogens (tertiary/aromatic N) is 3. The van der Waals surface area contributed by atoms with Crippen molar-refractivity contribution in [1.82, 2.24) is 15.5 Å². The van der Waals surface area contributed by atoms with E-state index in [1.54, 1.807) is 0 Å². The van der Waals surface area contributed by atoms with Gasteiger partial charge in [-0.15, -0.1) is 0 Å². The average molecular weight is 363 g/mol. The number of aromatic nitrogens is 2. The van der Waals surface area contributed by atoms with E-state index in [1.165, 1.54) is 11.1 Å². The van der Waals surface area contributed by atoms with E-state index in [4.69, 9.17) is 10.3 Å². The second-order valence-electron chi connectivity index (χ2n) is 6.25. The number of hydrogen-bond donors (Lipinski definition) is 2. The Balaban J connectivity index is 1.43. The number of benzene rings is 2. The van der Waals surface area contributed by atoms with Crippen LogP contribution in [-0.4, -0.2) is 29.2 Å². The van der Waals surface area contributed by atoms with Gasteiger partial charge in [0.05, 0.1) is 0 Å². The van der Waals surface area contributed by atoms with Crippen LogP contribution in [0.5, 0.6) is 0 Å². The number of hydrogen-bond acceptors (Lipinski definition) is 4. The highest BCUT2D eigenvalue weighted by Crippen LogP contribution is 2.18. The maximum absolute atomic E-state index is 5.93. The van der Waals surface area contributed by atoms with Gasteiger partial charge in [0, 0.05) is 25.1 Å². The fourth-order valence-corrected chi connectivity index (χ4v) is 2.67. The SMILES string of the molecule is CCc1noc(-c2ccc(CCN=C(N)NCCc3ccccc3)cc2)n1. The largest absolute Gasteiger partial charge is 0.370 e. The molecule has 0 aliphatic carbocycles. The van der Waals surface area contributed by atoms with E-state index in [-0.39, 0.29) is 0 Å². The third kappa shape index (κ3) is 5.67. The van der Waals surface area contributed by atoms with Crippen LogP contribution in [-0.2, 0) is 19.3 Å². The summed E-state index contributed by atoms with van der Waals surface area (Å²) in [6, 6.07) is 18.4. The van der Waals surface area contributed by atoms with E-state index in [0.717, 1.165) is 37.2 Å². The molecule has 0 aliphatic rings. The lowest BCUT2D eigenvalue weighted by Gasteiger charge is -2.06. The summed E-state index contributed by atoms with van der Waals surface area (Å²) in [6.07, 6.45) is 2.51. The summed E-state index contributed by atoms with van der Waals surface area (Å²) in [7, 11) is 0. The van der Waals surface area contributed by atoms with Crippen LogP contribution >= 0.6 is 0 Å². The molecule has 2 aromatic carbocycles. The number of aliphatic imine (C=N–C) groups is 1. The van der Waals surface area contributed by atoms with Crippen molar-refractivity contribution >= 4 is 5.96 Å². The topological polar surface area (TPSA) is 89.3 Å². The Morgan fingerprint density at radius 3 is 2.48 bits per heavy atom. The highest BCUT2D eigenvalue weighted by molar-refractivity contribution is 5.77. The minimum absolute atomic E-state index is 0.487. The first-order chi connectivity index (χ1) is 13.2. The molecule has 0 saturated heterocycles. The Morgan fingerprint density at radius 2 is 1.78 bits per heavy atom. The molecule has 3 aromatic rings. The quantitative estimate of drug-likeness (QED) is 0.474. The van der Waals surface area contributed by atoms with Gasteiger partial charge >= 0.3 is 0 Å². The van der Waals surface area contributed by atoms with Crippen LogP contribution in [0.3, 0.4) is 0 Å². The summed E-state index contributed by atoms with van der Waals surface area (Å²) in [5.41, 5.74) is 9.33. The normalized spacial score (nSPS) is 11.5. The first-order valence-corrected chi connectivity index (χ1v) is 9.24. The predicted molar refractivity (Wildman–Crippen MR) is 107 cm³/mol. The molecule has 0 bridgehead atoms.